The van der Waals surface area contributed by atoms with Crippen LogP contribution in [0, 0.1) is 0 Å². The number of phenols is 1. The lowest BCUT2D eigenvalue weighted by Gasteiger charge is -2.45. The van der Waals surface area contributed by atoms with Gasteiger partial charge >= 0.3 is 6.09 Å². The van der Waals surface area contributed by atoms with E-state index >= 15 is 0 Å². The molecule has 0 atom stereocenters. The van der Waals surface area contributed by atoms with E-state index in [0.29, 0.717) is 19.4 Å². The summed E-state index contributed by atoms with van der Waals surface area (Å²) < 4.78 is 5.15. The number of hydrogen-bond donors (Lipinski definition) is 4. The lowest BCUT2D eigenvalue weighted by atomic mass is 9.63. The van der Waals surface area contributed by atoms with Gasteiger partial charge in [-0.1, -0.05) is 6.07 Å². The number of carbonyl (C=O) groups excluding carboxylic acids is 1. The molecule has 1 amide bonds. The SMILES string of the molecule is CC(C)(C)OC(=O)Nc1ccc(C2(CN)CC(O)C2)cc1O. The summed E-state index contributed by atoms with van der Waals surface area (Å²) in [6, 6.07) is 5.02. The second kappa shape index (κ2) is 5.78. The van der Waals surface area contributed by atoms with Gasteiger partial charge in [-0.05, 0) is 51.3 Å². The number of nitrogens with one attached hydrogen (secondary N) is 1. The van der Waals surface area contributed by atoms with Crippen LogP contribution in [0.2, 0.25) is 0 Å². The molecule has 1 aliphatic rings. The highest BCUT2D eigenvalue weighted by Crippen LogP contribution is 2.44. The Morgan fingerprint density at radius 3 is 2.55 bits per heavy atom. The maximum Gasteiger partial charge on any atom is 0.412 e. The monoisotopic (exact) mass is 308 g/mol. The van der Waals surface area contributed by atoms with E-state index in [-0.39, 0.29) is 23.0 Å². The molecule has 0 saturated heterocycles. The van der Waals surface area contributed by atoms with Gasteiger partial charge in [0.1, 0.15) is 11.4 Å². The number of carbonyl (C=O) groups is 1. The van der Waals surface area contributed by atoms with E-state index in [1.54, 1.807) is 32.9 Å². The van der Waals surface area contributed by atoms with E-state index in [0.717, 1.165) is 5.56 Å². The molecule has 6 nitrogen and oxygen atoms in total. The molecule has 1 aromatic rings. The first-order chi connectivity index (χ1) is 10.1. The van der Waals surface area contributed by atoms with Crippen molar-refractivity contribution in [1.29, 1.82) is 0 Å². The molecule has 0 radical (unpaired) electrons. The van der Waals surface area contributed by atoms with Crippen LogP contribution in [0.25, 0.3) is 0 Å². The number of hydrogen-bond acceptors (Lipinski definition) is 5. The molecule has 1 aliphatic carbocycles. The standard InChI is InChI=1S/C16H24N2O4/c1-15(2,3)22-14(21)18-12-5-4-10(6-13(12)20)16(9-17)7-11(19)8-16/h4-6,11,19-20H,7-9,17H2,1-3H3,(H,18,21). The number of ether oxygens (including phenoxy) is 1. The first-order valence-corrected chi connectivity index (χ1v) is 7.37. The highest BCUT2D eigenvalue weighted by molar-refractivity contribution is 5.87. The fraction of sp³-hybridized carbons (Fsp3) is 0.562. The van der Waals surface area contributed by atoms with Crippen LogP contribution in [0.4, 0.5) is 10.5 Å². The molecular weight excluding hydrogens is 284 g/mol. The van der Waals surface area contributed by atoms with Gasteiger partial charge in [-0.15, -0.1) is 0 Å². The minimum Gasteiger partial charge on any atom is -0.506 e. The molecule has 0 unspecified atom stereocenters. The van der Waals surface area contributed by atoms with Crippen molar-refractivity contribution in [2.75, 3.05) is 11.9 Å². The average Bonchev–Trinajstić information content (AvgIpc) is 2.35. The van der Waals surface area contributed by atoms with Gasteiger partial charge in [0.15, 0.2) is 0 Å². The number of amides is 1. The first-order valence-electron chi connectivity index (χ1n) is 7.37. The molecule has 5 N–H and O–H groups in total. The minimum atomic E-state index is -0.622. The molecule has 1 saturated carbocycles. The lowest BCUT2D eigenvalue weighted by Crippen LogP contribution is -2.49. The van der Waals surface area contributed by atoms with Crippen LogP contribution in [0.1, 0.15) is 39.2 Å². The minimum absolute atomic E-state index is 0.0439. The summed E-state index contributed by atoms with van der Waals surface area (Å²) in [5, 5.41) is 22.2. The topological polar surface area (TPSA) is 105 Å². The van der Waals surface area contributed by atoms with Gasteiger partial charge < -0.3 is 20.7 Å². The highest BCUT2D eigenvalue weighted by Gasteiger charge is 2.44. The van der Waals surface area contributed by atoms with Crippen molar-refractivity contribution >= 4 is 11.8 Å². The van der Waals surface area contributed by atoms with Crippen molar-refractivity contribution in [3.8, 4) is 5.75 Å². The maximum atomic E-state index is 11.7. The molecule has 1 aromatic carbocycles. The van der Waals surface area contributed by atoms with Crippen molar-refractivity contribution in [2.45, 2.75) is 50.7 Å². The number of rotatable bonds is 3. The molecule has 0 aromatic heterocycles. The van der Waals surface area contributed by atoms with E-state index in [4.69, 9.17) is 10.5 Å². The third kappa shape index (κ3) is 3.51. The van der Waals surface area contributed by atoms with Crippen LogP contribution in [-0.4, -0.2) is 34.6 Å². The third-order valence-electron chi connectivity index (χ3n) is 3.89. The van der Waals surface area contributed by atoms with Gasteiger partial charge in [0.25, 0.3) is 0 Å². The Kier molecular flexibility index (Phi) is 4.35. The van der Waals surface area contributed by atoms with E-state index in [2.05, 4.69) is 5.32 Å². The Balaban J connectivity index is 2.12. The van der Waals surface area contributed by atoms with Crippen LogP contribution < -0.4 is 11.1 Å². The summed E-state index contributed by atoms with van der Waals surface area (Å²) in [4.78, 5) is 11.7. The highest BCUT2D eigenvalue weighted by atomic mass is 16.6. The number of anilines is 1. The van der Waals surface area contributed by atoms with Crippen molar-refractivity contribution in [1.82, 2.24) is 0 Å². The van der Waals surface area contributed by atoms with Gasteiger partial charge in [-0.3, -0.25) is 5.32 Å². The van der Waals surface area contributed by atoms with Crippen LogP contribution in [-0.2, 0) is 10.2 Å². The summed E-state index contributed by atoms with van der Waals surface area (Å²) in [6.07, 6.45) is 0.206. The Morgan fingerprint density at radius 2 is 2.09 bits per heavy atom. The zero-order chi connectivity index (χ0) is 16.5. The Bertz CT molecular complexity index is 560. The van der Waals surface area contributed by atoms with E-state index < -0.39 is 11.7 Å². The van der Waals surface area contributed by atoms with E-state index in [1.807, 2.05) is 6.07 Å². The molecule has 0 bridgehead atoms. The Morgan fingerprint density at radius 1 is 1.45 bits per heavy atom. The molecule has 22 heavy (non-hydrogen) atoms. The van der Waals surface area contributed by atoms with Gasteiger partial charge in [0.2, 0.25) is 0 Å². The van der Waals surface area contributed by atoms with Crippen LogP contribution >= 0.6 is 0 Å². The van der Waals surface area contributed by atoms with Gasteiger partial charge in [-0.2, -0.15) is 0 Å². The predicted molar refractivity (Wildman–Crippen MR) is 83.9 cm³/mol. The molecule has 122 valence electrons. The van der Waals surface area contributed by atoms with E-state index in [1.165, 1.54) is 0 Å². The summed E-state index contributed by atoms with van der Waals surface area (Å²) in [6.45, 7) is 5.70. The lowest BCUT2D eigenvalue weighted by molar-refractivity contribution is 0.0221. The summed E-state index contributed by atoms with van der Waals surface area (Å²) in [5.41, 5.74) is 6.07. The fourth-order valence-electron chi connectivity index (χ4n) is 2.74. The molecule has 0 heterocycles. The largest absolute Gasteiger partial charge is 0.506 e. The number of aliphatic hydroxyl groups is 1. The van der Waals surface area contributed by atoms with Crippen LogP contribution in [0.15, 0.2) is 18.2 Å². The van der Waals surface area contributed by atoms with Gasteiger partial charge in [0, 0.05) is 12.0 Å². The molecule has 1 fully saturated rings. The van der Waals surface area contributed by atoms with Crippen molar-refractivity contribution < 1.29 is 19.7 Å². The molecule has 2 rings (SSSR count). The zero-order valence-corrected chi connectivity index (χ0v) is 13.2. The van der Waals surface area contributed by atoms with Crippen molar-refractivity contribution in [3.63, 3.8) is 0 Å². The number of phenolic OH excluding ortho intramolecular Hbond substituents is 1. The van der Waals surface area contributed by atoms with Crippen molar-refractivity contribution in [3.05, 3.63) is 23.8 Å². The van der Waals surface area contributed by atoms with E-state index in [9.17, 15) is 15.0 Å². The summed E-state index contributed by atoms with van der Waals surface area (Å²) in [7, 11) is 0. The number of aliphatic hydroxyl groups excluding tert-OH is 1. The quantitative estimate of drug-likeness (QED) is 0.640. The average molecular weight is 308 g/mol. The van der Waals surface area contributed by atoms with Crippen LogP contribution in [0.5, 0.6) is 5.75 Å². The predicted octanol–water partition coefficient (Wildman–Crippen LogP) is 2.09. The fourth-order valence-corrected chi connectivity index (χ4v) is 2.74. The Hall–Kier alpha value is -1.79. The molecule has 0 spiro atoms. The number of nitrogens with two attached hydrogens (primary N) is 1. The second-order valence-electron chi connectivity index (χ2n) is 6.91. The number of aromatic hydroxyl groups is 1. The Labute approximate surface area is 130 Å². The second-order valence-corrected chi connectivity index (χ2v) is 6.91. The molecule has 6 heteroatoms. The third-order valence-corrected chi connectivity index (χ3v) is 3.89. The van der Waals surface area contributed by atoms with Gasteiger partial charge in [-0.25, -0.2) is 4.79 Å². The van der Waals surface area contributed by atoms with Crippen molar-refractivity contribution in [2.24, 2.45) is 5.73 Å². The van der Waals surface area contributed by atoms with Crippen LogP contribution in [0.3, 0.4) is 0 Å². The first kappa shape index (κ1) is 16.6. The molecular formula is C16H24N2O4. The molecule has 0 aliphatic heterocycles. The van der Waals surface area contributed by atoms with Gasteiger partial charge in [0.05, 0.1) is 11.8 Å². The normalized spacial score (nSPS) is 24.5. The summed E-state index contributed by atoms with van der Waals surface area (Å²) >= 11 is 0. The maximum absolute atomic E-state index is 11.7. The number of benzene rings is 1. The summed E-state index contributed by atoms with van der Waals surface area (Å²) in [5.74, 6) is -0.0439. The smallest absolute Gasteiger partial charge is 0.412 e. The zero-order valence-electron chi connectivity index (χ0n) is 13.2.